The Morgan fingerprint density at radius 2 is 2.11 bits per heavy atom. The first kappa shape index (κ1) is 20.8. The van der Waals surface area contributed by atoms with Gasteiger partial charge in [-0.25, -0.2) is 4.98 Å². The van der Waals surface area contributed by atoms with E-state index >= 15 is 0 Å². The first-order chi connectivity index (χ1) is 13.4. The zero-order valence-electron chi connectivity index (χ0n) is 15.6. The van der Waals surface area contributed by atoms with Crippen LogP contribution in [0.4, 0.5) is 0 Å². The van der Waals surface area contributed by atoms with Crippen molar-refractivity contribution in [1.82, 2.24) is 14.5 Å². The maximum absolute atomic E-state index is 9.93. The fraction of sp³-hybridized carbons (Fsp3) is 0.647. The second-order valence-corrected chi connectivity index (χ2v) is 11.6. The van der Waals surface area contributed by atoms with Crippen molar-refractivity contribution in [3.05, 3.63) is 14.8 Å². The lowest BCUT2D eigenvalue weighted by atomic mass is 10.1. The Bertz CT molecular complexity index is 854. The van der Waals surface area contributed by atoms with Gasteiger partial charge in [0, 0.05) is 0 Å². The van der Waals surface area contributed by atoms with Crippen LogP contribution in [0.1, 0.15) is 0 Å². The van der Waals surface area contributed by atoms with Gasteiger partial charge in [0.1, 0.15) is 34.3 Å². The van der Waals surface area contributed by atoms with Gasteiger partial charge in [0.15, 0.2) is 11.8 Å². The van der Waals surface area contributed by atoms with Crippen molar-refractivity contribution in [1.29, 1.82) is 0 Å². The summed E-state index contributed by atoms with van der Waals surface area (Å²) in [4.78, 5) is 9.13. The van der Waals surface area contributed by atoms with Crippen molar-refractivity contribution in [2.75, 3.05) is 19.8 Å². The molecule has 0 amide bonds. The molecule has 2 aliphatic heterocycles. The highest BCUT2D eigenvalue weighted by molar-refractivity contribution is 14.1. The molecule has 0 radical (unpaired) electrons. The molecule has 11 heteroatoms. The lowest BCUT2D eigenvalue weighted by Crippen LogP contribution is -2.35. The normalized spacial score (nSPS) is 26.8. The molecular weight excluding hydrogens is 517 g/mol. The van der Waals surface area contributed by atoms with Crippen molar-refractivity contribution in [3.8, 4) is 6.01 Å². The molecule has 4 atom stereocenters. The third-order valence-electron chi connectivity index (χ3n) is 4.80. The molecule has 2 saturated heterocycles. The second-order valence-electron chi connectivity index (χ2n) is 7.24. The molecule has 4 heterocycles. The largest absolute Gasteiger partial charge is 0.456 e. The zero-order chi connectivity index (χ0) is 19.8. The Kier molecular flexibility index (Phi) is 6.45. The Morgan fingerprint density at radius 1 is 1.32 bits per heavy atom. The summed E-state index contributed by atoms with van der Waals surface area (Å²) >= 11 is 8.31. The Hall–Kier alpha value is -0.503. The summed E-state index contributed by atoms with van der Waals surface area (Å²) in [5.74, 6) is 0. The predicted molar refractivity (Wildman–Crippen MR) is 113 cm³/mol. The number of ether oxygens (including phenoxy) is 4. The number of fused-ring (bicyclic) bond motifs is 2. The average Bonchev–Trinajstić information content (AvgIpc) is 3.30. The van der Waals surface area contributed by atoms with E-state index in [2.05, 4.69) is 45.7 Å². The summed E-state index contributed by atoms with van der Waals surface area (Å²) in [6.07, 6.45) is -1.65. The van der Waals surface area contributed by atoms with Gasteiger partial charge in [0.25, 0.3) is 0 Å². The topological polar surface area (TPSA) is 87.9 Å². The number of pyridine rings is 1. The minimum absolute atomic E-state index is 0.252. The van der Waals surface area contributed by atoms with Crippen molar-refractivity contribution in [2.45, 2.75) is 50.3 Å². The SMILES string of the molecule is C[Si+](C)CCOCn1c(O[C@@H]2CO[C@H]3[C@@H]2OC[C@H]3O)nc2cc(Cl)c(I)nc21. The fourth-order valence-corrected chi connectivity index (χ4v) is 4.38. The quantitative estimate of drug-likeness (QED) is 0.251. The molecule has 0 saturated carbocycles. The highest BCUT2D eigenvalue weighted by atomic mass is 127. The molecule has 28 heavy (non-hydrogen) atoms. The third kappa shape index (κ3) is 4.18. The van der Waals surface area contributed by atoms with Crippen LogP contribution < -0.4 is 4.74 Å². The summed E-state index contributed by atoms with van der Waals surface area (Å²) in [6.45, 7) is 6.07. The maximum atomic E-state index is 9.93. The van der Waals surface area contributed by atoms with E-state index in [4.69, 9.17) is 30.5 Å². The molecule has 2 aliphatic rings. The Labute approximate surface area is 183 Å². The van der Waals surface area contributed by atoms with Gasteiger partial charge in [-0.2, -0.15) is 4.98 Å². The number of halogens is 2. The van der Waals surface area contributed by atoms with Crippen LogP contribution in [0.15, 0.2) is 6.07 Å². The number of aliphatic hydroxyl groups is 1. The van der Waals surface area contributed by atoms with Crippen molar-refractivity contribution in [2.24, 2.45) is 0 Å². The predicted octanol–water partition coefficient (Wildman–Crippen LogP) is 2.32. The van der Waals surface area contributed by atoms with Gasteiger partial charge in [0.2, 0.25) is 0 Å². The Balaban J connectivity index is 1.58. The lowest BCUT2D eigenvalue weighted by Gasteiger charge is -2.18. The van der Waals surface area contributed by atoms with E-state index in [1.807, 2.05) is 4.57 Å². The van der Waals surface area contributed by atoms with Gasteiger partial charge in [-0.1, -0.05) is 11.6 Å². The van der Waals surface area contributed by atoms with Gasteiger partial charge in [-0.3, -0.25) is 4.57 Å². The molecule has 152 valence electrons. The van der Waals surface area contributed by atoms with E-state index in [0.29, 0.717) is 39.1 Å². The van der Waals surface area contributed by atoms with Crippen LogP contribution in [0.3, 0.4) is 0 Å². The molecule has 2 aromatic heterocycles. The number of aromatic nitrogens is 3. The fourth-order valence-electron chi connectivity index (χ4n) is 3.30. The Morgan fingerprint density at radius 3 is 2.89 bits per heavy atom. The summed E-state index contributed by atoms with van der Waals surface area (Å²) < 4.78 is 25.8. The van der Waals surface area contributed by atoms with E-state index in [9.17, 15) is 5.11 Å². The second kappa shape index (κ2) is 8.70. The number of aliphatic hydroxyl groups excluding tert-OH is 1. The van der Waals surface area contributed by atoms with E-state index in [1.165, 1.54) is 0 Å². The average molecular weight is 539 g/mol. The highest BCUT2D eigenvalue weighted by Crippen LogP contribution is 2.31. The van der Waals surface area contributed by atoms with Crippen LogP contribution in [-0.4, -0.2) is 72.7 Å². The first-order valence-electron chi connectivity index (χ1n) is 9.11. The van der Waals surface area contributed by atoms with Crippen LogP contribution in [0, 0.1) is 3.70 Å². The van der Waals surface area contributed by atoms with E-state index in [-0.39, 0.29) is 40.4 Å². The van der Waals surface area contributed by atoms with Gasteiger partial charge in [0.05, 0.1) is 44.0 Å². The first-order valence-corrected chi connectivity index (χ1v) is 13.3. The molecule has 0 spiro atoms. The molecule has 0 unspecified atom stereocenters. The molecular formula is C17H22ClIN3O5Si+. The van der Waals surface area contributed by atoms with E-state index in [0.717, 1.165) is 6.04 Å². The van der Waals surface area contributed by atoms with Crippen molar-refractivity contribution < 1.29 is 24.1 Å². The van der Waals surface area contributed by atoms with Crippen molar-refractivity contribution >= 4 is 54.2 Å². The minimum Gasteiger partial charge on any atom is -0.456 e. The van der Waals surface area contributed by atoms with Gasteiger partial charge in [-0.15, -0.1) is 0 Å². The standard InChI is InChI=1S/C17H22ClIN3O5Si/c1-28(2)4-3-24-8-22-16-10(5-9(18)15(19)21-16)20-17(22)27-12-7-26-13-11(23)6-25-14(12)13/h5,11-14,23H,3-4,6-8H2,1-2H3/q+1/t11-,12-,13-,14-/m1/s1. The highest BCUT2D eigenvalue weighted by Gasteiger charge is 2.48. The van der Waals surface area contributed by atoms with Crippen LogP contribution in [0.2, 0.25) is 24.2 Å². The smallest absolute Gasteiger partial charge is 0.310 e. The van der Waals surface area contributed by atoms with E-state index in [1.54, 1.807) is 6.07 Å². The zero-order valence-corrected chi connectivity index (χ0v) is 19.5. The molecule has 2 fully saturated rings. The number of hydrogen-bond donors (Lipinski definition) is 1. The molecule has 1 N–H and O–H groups in total. The molecule has 0 aliphatic carbocycles. The number of imidazole rings is 1. The minimum atomic E-state index is -0.623. The number of hydrogen-bond acceptors (Lipinski definition) is 7. The molecule has 0 aromatic carbocycles. The van der Waals surface area contributed by atoms with E-state index < -0.39 is 6.10 Å². The summed E-state index contributed by atoms with van der Waals surface area (Å²) in [7, 11) is -0.345. The number of rotatable bonds is 7. The van der Waals surface area contributed by atoms with Gasteiger partial charge < -0.3 is 24.1 Å². The van der Waals surface area contributed by atoms with Crippen LogP contribution in [0.5, 0.6) is 6.01 Å². The summed E-state index contributed by atoms with van der Waals surface area (Å²) in [5, 5.41) is 10.5. The molecule has 8 nitrogen and oxygen atoms in total. The molecule has 2 aromatic rings. The third-order valence-corrected chi connectivity index (χ3v) is 7.44. The van der Waals surface area contributed by atoms with Gasteiger partial charge in [-0.05, 0) is 28.7 Å². The van der Waals surface area contributed by atoms with Gasteiger partial charge >= 0.3 is 14.8 Å². The number of nitrogens with zero attached hydrogens (tertiary/aromatic N) is 3. The summed E-state index contributed by atoms with van der Waals surface area (Å²) in [5.41, 5.74) is 1.30. The maximum Gasteiger partial charge on any atom is 0.310 e. The summed E-state index contributed by atoms with van der Waals surface area (Å²) in [6, 6.07) is 3.23. The molecule has 0 bridgehead atoms. The lowest BCUT2D eigenvalue weighted by molar-refractivity contribution is 0.00337. The molecule has 4 rings (SSSR count). The van der Waals surface area contributed by atoms with Crippen LogP contribution in [0.25, 0.3) is 11.2 Å². The van der Waals surface area contributed by atoms with Crippen LogP contribution >= 0.6 is 34.2 Å². The monoisotopic (exact) mass is 538 g/mol. The van der Waals surface area contributed by atoms with Crippen LogP contribution in [-0.2, 0) is 20.9 Å². The van der Waals surface area contributed by atoms with Crippen molar-refractivity contribution in [3.63, 3.8) is 0 Å².